The fraction of sp³-hybridized carbons (Fsp3) is 1.00. The van der Waals surface area contributed by atoms with Gasteiger partial charge in [-0.25, -0.2) is 0 Å². The third-order valence-corrected chi connectivity index (χ3v) is 4.10. The number of nitrogens with zero attached hydrogens (tertiary/aromatic N) is 3. The zero-order valence-corrected chi connectivity index (χ0v) is 12.9. The summed E-state index contributed by atoms with van der Waals surface area (Å²) in [6, 6.07) is 1.66. The zero-order valence-electron chi connectivity index (χ0n) is 12.9. The molecule has 0 bridgehead atoms. The summed E-state index contributed by atoms with van der Waals surface area (Å²) in [6.07, 6.45) is 3.49. The topological polar surface area (TPSA) is 9.72 Å². The minimum atomic E-state index is 0.553. The van der Waals surface area contributed by atoms with Gasteiger partial charge in [0.25, 0.3) is 22.6 Å². The standard InChI is InChI=1S/C12H27B3N3/c1-7-10(4)16-13-17(11(5)8-2)15-18(14-16)12(6)9-3/h10-12H,7-9H2,1-6H3. The van der Waals surface area contributed by atoms with E-state index in [2.05, 4.69) is 78.4 Å². The molecule has 1 saturated heterocycles. The van der Waals surface area contributed by atoms with Gasteiger partial charge in [0, 0.05) is 0 Å². The van der Waals surface area contributed by atoms with E-state index in [4.69, 9.17) is 0 Å². The van der Waals surface area contributed by atoms with Gasteiger partial charge in [-0.15, -0.1) is 0 Å². The van der Waals surface area contributed by atoms with Gasteiger partial charge in [0.1, 0.15) is 0 Å². The van der Waals surface area contributed by atoms with Crippen molar-refractivity contribution >= 4 is 22.6 Å². The van der Waals surface area contributed by atoms with Gasteiger partial charge < -0.3 is 14.2 Å². The maximum atomic E-state index is 2.35. The second-order valence-corrected chi connectivity index (χ2v) is 5.46. The van der Waals surface area contributed by atoms with Crippen molar-refractivity contribution in [3.63, 3.8) is 0 Å². The van der Waals surface area contributed by atoms with Crippen molar-refractivity contribution < 1.29 is 0 Å². The summed E-state index contributed by atoms with van der Waals surface area (Å²) >= 11 is 0. The first kappa shape index (κ1) is 16.1. The average Bonchev–Trinajstić information content (AvgIpc) is 2.43. The van der Waals surface area contributed by atoms with Crippen molar-refractivity contribution in [3.8, 4) is 0 Å². The van der Waals surface area contributed by atoms with Crippen LogP contribution in [0.3, 0.4) is 0 Å². The van der Waals surface area contributed by atoms with Gasteiger partial charge in [-0.05, 0) is 37.4 Å². The van der Waals surface area contributed by atoms with Crippen LogP contribution in [0.1, 0.15) is 60.8 Å². The molecule has 0 N–H and O–H groups in total. The van der Waals surface area contributed by atoms with Gasteiger partial charge in [-0.2, -0.15) is 0 Å². The Hall–Kier alpha value is 0.0748. The van der Waals surface area contributed by atoms with Crippen molar-refractivity contribution in [2.24, 2.45) is 0 Å². The van der Waals surface area contributed by atoms with Gasteiger partial charge in [-0.1, -0.05) is 41.5 Å². The van der Waals surface area contributed by atoms with Gasteiger partial charge in [-0.3, -0.25) is 0 Å². The van der Waals surface area contributed by atoms with E-state index in [-0.39, 0.29) is 0 Å². The fourth-order valence-corrected chi connectivity index (χ4v) is 1.87. The summed E-state index contributed by atoms with van der Waals surface area (Å²) in [7, 11) is 6.75. The maximum absolute atomic E-state index is 2.35. The van der Waals surface area contributed by atoms with E-state index in [9.17, 15) is 0 Å². The summed E-state index contributed by atoms with van der Waals surface area (Å²) in [4.78, 5) is 0. The largest absolute Gasteiger partial charge is 0.362 e. The molecule has 1 aliphatic heterocycles. The monoisotopic (exact) mass is 246 g/mol. The molecule has 0 amide bonds. The Morgan fingerprint density at radius 3 is 1.00 bits per heavy atom. The summed E-state index contributed by atoms with van der Waals surface area (Å²) in [5.41, 5.74) is 0. The van der Waals surface area contributed by atoms with Crippen molar-refractivity contribution in [3.05, 3.63) is 0 Å². The Labute approximate surface area is 116 Å². The highest BCUT2D eigenvalue weighted by Gasteiger charge is 2.33. The van der Waals surface area contributed by atoms with Crippen LogP contribution >= 0.6 is 0 Å². The minimum Gasteiger partial charge on any atom is -0.362 e. The lowest BCUT2D eigenvalue weighted by Gasteiger charge is -2.46. The molecule has 0 aliphatic carbocycles. The Morgan fingerprint density at radius 1 is 0.611 bits per heavy atom. The average molecular weight is 246 g/mol. The van der Waals surface area contributed by atoms with Crippen LogP contribution in [0.4, 0.5) is 0 Å². The molecular formula is C12H27B3N3. The van der Waals surface area contributed by atoms with Crippen molar-refractivity contribution in [1.82, 2.24) is 14.2 Å². The van der Waals surface area contributed by atoms with Crippen LogP contribution < -0.4 is 0 Å². The number of rotatable bonds is 6. The smallest absolute Gasteiger partial charge is 0.290 e. The van der Waals surface area contributed by atoms with Crippen LogP contribution in [0, 0.1) is 0 Å². The third kappa shape index (κ3) is 4.04. The summed E-state index contributed by atoms with van der Waals surface area (Å²) < 4.78 is 7.04. The summed E-state index contributed by atoms with van der Waals surface area (Å²) in [5, 5.41) is 0. The molecule has 6 heteroatoms. The highest BCUT2D eigenvalue weighted by Crippen LogP contribution is 2.15. The quantitative estimate of drug-likeness (QED) is 0.662. The Bertz CT molecular complexity index is 199. The molecule has 1 rings (SSSR count). The SMILES string of the molecule is CCC(C)N1[B]N(C(C)CC)[B]N(C(C)CC)[B]1. The Kier molecular flexibility index (Phi) is 6.82. The van der Waals surface area contributed by atoms with E-state index in [0.717, 1.165) is 19.3 Å². The minimum absolute atomic E-state index is 0.553. The normalized spacial score (nSPS) is 23.7. The first-order valence-electron chi connectivity index (χ1n) is 7.40. The van der Waals surface area contributed by atoms with Crippen molar-refractivity contribution in [2.45, 2.75) is 78.9 Å². The van der Waals surface area contributed by atoms with Crippen LogP contribution in [0.15, 0.2) is 0 Å². The van der Waals surface area contributed by atoms with E-state index >= 15 is 0 Å². The molecule has 3 radical (unpaired) electrons. The number of hydrogen-bond donors (Lipinski definition) is 0. The Balaban J connectivity index is 2.71. The van der Waals surface area contributed by atoms with E-state index in [1.807, 2.05) is 0 Å². The molecule has 99 valence electrons. The lowest BCUT2D eigenvalue weighted by molar-refractivity contribution is 0.348. The fourth-order valence-electron chi connectivity index (χ4n) is 1.87. The lowest BCUT2D eigenvalue weighted by Crippen LogP contribution is -2.66. The molecule has 0 saturated carbocycles. The first-order chi connectivity index (χ1) is 8.53. The molecule has 3 unspecified atom stereocenters. The summed E-state index contributed by atoms with van der Waals surface area (Å²) in [6.45, 7) is 13.6. The molecule has 0 spiro atoms. The van der Waals surface area contributed by atoms with Crippen LogP contribution in [-0.2, 0) is 0 Å². The van der Waals surface area contributed by atoms with Gasteiger partial charge in [0.15, 0.2) is 0 Å². The predicted octanol–water partition coefficient (Wildman–Crippen LogP) is 1.90. The molecule has 3 atom stereocenters. The molecule has 1 fully saturated rings. The molecule has 0 aromatic rings. The second-order valence-electron chi connectivity index (χ2n) is 5.46. The third-order valence-electron chi connectivity index (χ3n) is 4.10. The molecule has 18 heavy (non-hydrogen) atoms. The van der Waals surface area contributed by atoms with Crippen LogP contribution in [0.2, 0.25) is 0 Å². The van der Waals surface area contributed by atoms with Gasteiger partial charge in [0.2, 0.25) is 0 Å². The molecule has 0 aromatic carbocycles. The predicted molar refractivity (Wildman–Crippen MR) is 82.0 cm³/mol. The van der Waals surface area contributed by atoms with E-state index in [1.165, 1.54) is 0 Å². The van der Waals surface area contributed by atoms with E-state index in [1.54, 1.807) is 0 Å². The highest BCUT2D eigenvalue weighted by molar-refractivity contribution is 6.65. The van der Waals surface area contributed by atoms with Crippen LogP contribution in [0.5, 0.6) is 0 Å². The van der Waals surface area contributed by atoms with E-state index in [0.29, 0.717) is 18.1 Å². The number of hydrogen-bond acceptors (Lipinski definition) is 3. The molecule has 0 aromatic heterocycles. The first-order valence-corrected chi connectivity index (χ1v) is 7.40. The van der Waals surface area contributed by atoms with Gasteiger partial charge >= 0.3 is 0 Å². The highest BCUT2D eigenvalue weighted by atomic mass is 15.3. The van der Waals surface area contributed by atoms with Gasteiger partial charge in [0.05, 0.1) is 0 Å². The van der Waals surface area contributed by atoms with E-state index < -0.39 is 0 Å². The summed E-state index contributed by atoms with van der Waals surface area (Å²) in [5.74, 6) is 0. The molecular weight excluding hydrogens is 219 g/mol. The maximum Gasteiger partial charge on any atom is 0.290 e. The Morgan fingerprint density at radius 2 is 0.833 bits per heavy atom. The van der Waals surface area contributed by atoms with Crippen molar-refractivity contribution in [1.29, 1.82) is 0 Å². The zero-order chi connectivity index (χ0) is 13.7. The lowest BCUT2D eigenvalue weighted by atomic mass is 9.69. The molecule has 1 aliphatic rings. The molecule has 1 heterocycles. The molecule has 3 nitrogen and oxygen atoms in total. The van der Waals surface area contributed by atoms with Crippen molar-refractivity contribution in [2.75, 3.05) is 0 Å². The van der Waals surface area contributed by atoms with Crippen LogP contribution in [-0.4, -0.2) is 54.9 Å². The van der Waals surface area contributed by atoms with Crippen LogP contribution in [0.25, 0.3) is 0 Å². The second kappa shape index (κ2) is 7.61.